The van der Waals surface area contributed by atoms with E-state index in [1.165, 1.54) is 5.01 Å². The van der Waals surface area contributed by atoms with Crippen LogP contribution < -0.4 is 19.9 Å². The van der Waals surface area contributed by atoms with Gasteiger partial charge in [0.1, 0.15) is 29.8 Å². The summed E-state index contributed by atoms with van der Waals surface area (Å²) in [4.78, 5) is 25.7. The molecule has 0 radical (unpaired) electrons. The molecule has 2 fully saturated rings. The lowest BCUT2D eigenvalue weighted by molar-refractivity contribution is -0.141. The highest BCUT2D eigenvalue weighted by Gasteiger charge is 2.35. The predicted molar refractivity (Wildman–Crippen MR) is 127 cm³/mol. The quantitative estimate of drug-likeness (QED) is 0.471. The third-order valence-electron chi connectivity index (χ3n) is 5.53. The Bertz CT molecular complexity index is 1100. The molecular weight excluding hydrogens is 436 g/mol. The fourth-order valence-electron chi connectivity index (χ4n) is 3.86. The van der Waals surface area contributed by atoms with Gasteiger partial charge in [-0.3, -0.25) is 15.0 Å². The van der Waals surface area contributed by atoms with E-state index in [1.54, 1.807) is 36.4 Å². The van der Waals surface area contributed by atoms with Gasteiger partial charge in [-0.2, -0.15) is 0 Å². The van der Waals surface area contributed by atoms with E-state index in [4.69, 9.17) is 18.9 Å². The van der Waals surface area contributed by atoms with Crippen molar-refractivity contribution < 1.29 is 28.5 Å². The van der Waals surface area contributed by atoms with Crippen molar-refractivity contribution in [1.29, 1.82) is 0 Å². The molecule has 180 valence electrons. The molecule has 0 aromatic heterocycles. The Kier molecular flexibility index (Phi) is 6.90. The number of ether oxygens (including phenoxy) is 4. The van der Waals surface area contributed by atoms with E-state index in [0.717, 1.165) is 12.0 Å². The highest BCUT2D eigenvalue weighted by atomic mass is 16.7. The van der Waals surface area contributed by atoms with E-state index in [9.17, 15) is 9.59 Å². The maximum atomic E-state index is 13.0. The van der Waals surface area contributed by atoms with Crippen molar-refractivity contribution in [1.82, 2.24) is 5.43 Å². The number of rotatable bonds is 8. The van der Waals surface area contributed by atoms with Gasteiger partial charge in [0.05, 0.1) is 18.9 Å². The van der Waals surface area contributed by atoms with Crippen molar-refractivity contribution in [2.75, 3.05) is 24.8 Å². The molecule has 4 rings (SSSR count). The molecule has 2 saturated heterocycles. The van der Waals surface area contributed by atoms with Crippen molar-refractivity contribution in [2.24, 2.45) is 0 Å². The molecule has 0 spiro atoms. The number of benzene rings is 2. The summed E-state index contributed by atoms with van der Waals surface area (Å²) < 4.78 is 23.5. The molecular formula is C26H30N2O6. The minimum Gasteiger partial charge on any atom is -0.493 e. The first-order valence-corrected chi connectivity index (χ1v) is 11.4. The van der Waals surface area contributed by atoms with E-state index >= 15 is 0 Å². The molecule has 2 aliphatic heterocycles. The van der Waals surface area contributed by atoms with Crippen LogP contribution in [-0.2, 0) is 19.1 Å². The Morgan fingerprint density at radius 2 is 1.91 bits per heavy atom. The molecule has 8 heteroatoms. The average molecular weight is 467 g/mol. The van der Waals surface area contributed by atoms with Gasteiger partial charge < -0.3 is 18.9 Å². The van der Waals surface area contributed by atoms with Gasteiger partial charge in [0.25, 0.3) is 11.8 Å². The van der Waals surface area contributed by atoms with Crippen LogP contribution in [0.15, 0.2) is 48.0 Å². The van der Waals surface area contributed by atoms with E-state index in [2.05, 4.69) is 5.43 Å². The summed E-state index contributed by atoms with van der Waals surface area (Å²) in [5.41, 5.74) is 4.62. The first-order valence-electron chi connectivity index (χ1n) is 11.4. The van der Waals surface area contributed by atoms with Crippen molar-refractivity contribution in [3.63, 3.8) is 0 Å². The fourth-order valence-corrected chi connectivity index (χ4v) is 3.86. The molecule has 2 aromatic rings. The number of hydrogen-bond donors (Lipinski definition) is 1. The van der Waals surface area contributed by atoms with Gasteiger partial charge in [0.2, 0.25) is 0 Å². The Hall–Kier alpha value is -3.36. The second-order valence-corrected chi connectivity index (χ2v) is 8.69. The summed E-state index contributed by atoms with van der Waals surface area (Å²) in [5, 5.41) is 1.24. The monoisotopic (exact) mass is 466 g/mol. The molecule has 2 heterocycles. The Morgan fingerprint density at radius 1 is 1.15 bits per heavy atom. The molecule has 0 bridgehead atoms. The molecule has 34 heavy (non-hydrogen) atoms. The van der Waals surface area contributed by atoms with Crippen molar-refractivity contribution in [3.05, 3.63) is 59.2 Å². The number of nitrogens with one attached hydrogen (secondary N) is 1. The van der Waals surface area contributed by atoms with Gasteiger partial charge in [0.15, 0.2) is 5.79 Å². The van der Waals surface area contributed by atoms with Crippen LogP contribution in [0.1, 0.15) is 38.3 Å². The SMILES string of the molecule is CCCOc1ccc(C=C2C(=O)NN(c3ccccc3)C2=O)c(OCC2COC(C)(C)O2)c1C. The van der Waals surface area contributed by atoms with Crippen LogP contribution >= 0.6 is 0 Å². The number of nitrogens with zero attached hydrogens (tertiary/aromatic N) is 1. The summed E-state index contributed by atoms with van der Waals surface area (Å²) >= 11 is 0. The van der Waals surface area contributed by atoms with Crippen LogP contribution in [0.5, 0.6) is 11.5 Å². The third kappa shape index (κ3) is 5.08. The molecule has 1 unspecified atom stereocenters. The second-order valence-electron chi connectivity index (χ2n) is 8.69. The lowest BCUT2D eigenvalue weighted by Gasteiger charge is -2.19. The standard InChI is InChI=1S/C26H30N2O6/c1-5-13-31-22-12-11-18(23(17(22)2)32-15-20-16-33-26(3,4)34-20)14-21-24(29)27-28(25(21)30)19-9-7-6-8-10-19/h6-12,14,20H,5,13,15-16H2,1-4H3,(H,27,29). The van der Waals surface area contributed by atoms with Crippen molar-refractivity contribution in [2.45, 2.75) is 46.0 Å². The van der Waals surface area contributed by atoms with Crippen LogP contribution in [0.2, 0.25) is 0 Å². The summed E-state index contributed by atoms with van der Waals surface area (Å²) in [6.45, 7) is 8.89. The number of anilines is 1. The maximum absolute atomic E-state index is 13.0. The predicted octanol–water partition coefficient (Wildman–Crippen LogP) is 3.78. The highest BCUT2D eigenvalue weighted by molar-refractivity contribution is 6.31. The maximum Gasteiger partial charge on any atom is 0.282 e. The summed E-state index contributed by atoms with van der Waals surface area (Å²) in [7, 11) is 0. The molecule has 2 aliphatic rings. The van der Waals surface area contributed by atoms with E-state index in [-0.39, 0.29) is 18.3 Å². The molecule has 1 atom stereocenters. The molecule has 2 aromatic carbocycles. The van der Waals surface area contributed by atoms with Crippen LogP contribution in [-0.4, -0.2) is 43.5 Å². The van der Waals surface area contributed by atoms with Crippen LogP contribution in [0.3, 0.4) is 0 Å². The Morgan fingerprint density at radius 3 is 2.59 bits per heavy atom. The summed E-state index contributed by atoms with van der Waals surface area (Å²) in [6.07, 6.45) is 2.19. The lowest BCUT2D eigenvalue weighted by Crippen LogP contribution is -2.35. The van der Waals surface area contributed by atoms with E-state index in [0.29, 0.717) is 36.0 Å². The lowest BCUT2D eigenvalue weighted by atomic mass is 10.0. The second kappa shape index (κ2) is 9.87. The number of hydrazine groups is 1. The van der Waals surface area contributed by atoms with Crippen molar-refractivity contribution in [3.8, 4) is 11.5 Å². The Labute approximate surface area is 199 Å². The number of amides is 2. The number of carbonyl (C=O) groups excluding carboxylic acids is 2. The van der Waals surface area contributed by atoms with Crippen LogP contribution in [0.25, 0.3) is 6.08 Å². The van der Waals surface area contributed by atoms with Crippen LogP contribution in [0, 0.1) is 6.92 Å². The zero-order chi connectivity index (χ0) is 24.3. The first kappa shape index (κ1) is 23.8. The van der Waals surface area contributed by atoms with Gasteiger partial charge in [0, 0.05) is 11.1 Å². The van der Waals surface area contributed by atoms with Crippen LogP contribution in [0.4, 0.5) is 5.69 Å². The van der Waals surface area contributed by atoms with E-state index in [1.807, 2.05) is 39.8 Å². The van der Waals surface area contributed by atoms with Gasteiger partial charge in [-0.05, 0) is 57.5 Å². The number of para-hydroxylation sites is 1. The normalized spacial score (nSPS) is 20.6. The zero-order valence-electron chi connectivity index (χ0n) is 19.9. The zero-order valence-corrected chi connectivity index (χ0v) is 19.9. The fraction of sp³-hybridized carbons (Fsp3) is 0.385. The largest absolute Gasteiger partial charge is 0.493 e. The molecule has 1 N–H and O–H groups in total. The van der Waals surface area contributed by atoms with Gasteiger partial charge >= 0.3 is 0 Å². The van der Waals surface area contributed by atoms with E-state index < -0.39 is 17.6 Å². The molecule has 0 aliphatic carbocycles. The Balaban J connectivity index is 1.63. The van der Waals surface area contributed by atoms with Crippen molar-refractivity contribution >= 4 is 23.6 Å². The minimum atomic E-state index is -0.658. The summed E-state index contributed by atoms with van der Waals surface area (Å²) in [6, 6.07) is 12.6. The van der Waals surface area contributed by atoms with Gasteiger partial charge in [-0.15, -0.1) is 0 Å². The van der Waals surface area contributed by atoms with Gasteiger partial charge in [-0.1, -0.05) is 25.1 Å². The number of hydrogen-bond acceptors (Lipinski definition) is 6. The minimum absolute atomic E-state index is 0.0249. The molecule has 0 saturated carbocycles. The molecule has 8 nitrogen and oxygen atoms in total. The summed E-state index contributed by atoms with van der Waals surface area (Å²) in [5.74, 6) is -0.336. The topological polar surface area (TPSA) is 86.3 Å². The third-order valence-corrected chi connectivity index (χ3v) is 5.53. The molecule has 2 amide bonds. The average Bonchev–Trinajstić information content (AvgIpc) is 3.31. The first-order chi connectivity index (χ1) is 16.3. The highest BCUT2D eigenvalue weighted by Crippen LogP contribution is 2.35. The smallest absolute Gasteiger partial charge is 0.282 e. The number of carbonyl (C=O) groups is 2. The van der Waals surface area contributed by atoms with Gasteiger partial charge in [-0.25, -0.2) is 5.01 Å².